The van der Waals surface area contributed by atoms with Gasteiger partial charge in [0.05, 0.1) is 0 Å². The molecule has 5 nitrogen and oxygen atoms in total. The summed E-state index contributed by atoms with van der Waals surface area (Å²) < 4.78 is 7.62. The van der Waals surface area contributed by atoms with Crippen molar-refractivity contribution in [3.05, 3.63) is 62.5 Å². The topological polar surface area (TPSA) is 58.6 Å². The molecule has 1 N–H and O–H groups in total. The maximum absolute atomic E-state index is 13.1. The lowest BCUT2D eigenvalue weighted by atomic mass is 10.1. The van der Waals surface area contributed by atoms with Crippen LogP contribution >= 0.6 is 31.9 Å². The standard InChI is InChI=1S/C23H28Br2N2O3/c1-15-11-19(9-10-20(15)25)30-14-21(28)27(13-17-7-6-8-18(24)12-17)16(2)22(29)26-23(3,4)5/h6-12,16H,13-14H2,1-5H3,(H,26,29)/t16-/m1/s1. The highest BCUT2D eigenvalue weighted by atomic mass is 79.9. The molecule has 162 valence electrons. The van der Waals surface area contributed by atoms with E-state index in [0.717, 1.165) is 20.1 Å². The van der Waals surface area contributed by atoms with Crippen molar-refractivity contribution < 1.29 is 14.3 Å². The van der Waals surface area contributed by atoms with E-state index in [2.05, 4.69) is 37.2 Å². The molecule has 0 fully saturated rings. The number of nitrogens with one attached hydrogen (secondary N) is 1. The number of aryl methyl sites for hydroxylation is 1. The average Bonchev–Trinajstić information content (AvgIpc) is 2.65. The molecule has 2 aromatic rings. The van der Waals surface area contributed by atoms with Gasteiger partial charge in [-0.1, -0.05) is 44.0 Å². The van der Waals surface area contributed by atoms with Gasteiger partial charge >= 0.3 is 0 Å². The molecule has 0 aliphatic carbocycles. The van der Waals surface area contributed by atoms with Gasteiger partial charge in [-0.25, -0.2) is 0 Å². The Bertz CT molecular complexity index is 910. The van der Waals surface area contributed by atoms with Gasteiger partial charge in [-0.2, -0.15) is 0 Å². The number of carbonyl (C=O) groups excluding carboxylic acids is 2. The third-order valence-corrected chi connectivity index (χ3v) is 5.78. The monoisotopic (exact) mass is 538 g/mol. The van der Waals surface area contributed by atoms with Gasteiger partial charge in [0.1, 0.15) is 11.8 Å². The first-order valence-corrected chi connectivity index (χ1v) is 11.3. The summed E-state index contributed by atoms with van der Waals surface area (Å²) in [6.45, 7) is 9.59. The van der Waals surface area contributed by atoms with Gasteiger partial charge < -0.3 is 15.0 Å². The fourth-order valence-corrected chi connectivity index (χ4v) is 3.52. The Morgan fingerprint density at radius 3 is 2.43 bits per heavy atom. The molecule has 0 saturated heterocycles. The van der Waals surface area contributed by atoms with Crippen LogP contribution in [0.25, 0.3) is 0 Å². The largest absolute Gasteiger partial charge is 0.484 e. The van der Waals surface area contributed by atoms with Crippen molar-refractivity contribution >= 4 is 43.7 Å². The highest BCUT2D eigenvalue weighted by Gasteiger charge is 2.28. The molecule has 2 amide bonds. The lowest BCUT2D eigenvalue weighted by Crippen LogP contribution is -2.53. The van der Waals surface area contributed by atoms with Crippen molar-refractivity contribution in [2.45, 2.75) is 52.7 Å². The minimum absolute atomic E-state index is 0.151. The van der Waals surface area contributed by atoms with Crippen LogP contribution in [0.2, 0.25) is 0 Å². The molecule has 0 aliphatic heterocycles. The van der Waals surface area contributed by atoms with Crippen LogP contribution in [0.3, 0.4) is 0 Å². The maximum atomic E-state index is 13.1. The molecular formula is C23H28Br2N2O3. The van der Waals surface area contributed by atoms with E-state index in [1.54, 1.807) is 17.9 Å². The molecule has 0 bridgehead atoms. The predicted molar refractivity (Wildman–Crippen MR) is 126 cm³/mol. The molecule has 0 saturated carbocycles. The van der Waals surface area contributed by atoms with Crippen molar-refractivity contribution in [2.75, 3.05) is 6.61 Å². The second-order valence-corrected chi connectivity index (χ2v) is 10.0. The van der Waals surface area contributed by atoms with Gasteiger partial charge in [-0.3, -0.25) is 9.59 Å². The predicted octanol–water partition coefficient (Wildman–Crippen LogP) is 5.23. The number of nitrogens with zero attached hydrogens (tertiary/aromatic N) is 1. The Kier molecular flexibility index (Phi) is 8.50. The van der Waals surface area contributed by atoms with Gasteiger partial charge in [0.15, 0.2) is 6.61 Å². The summed E-state index contributed by atoms with van der Waals surface area (Å²) in [6, 6.07) is 12.6. The summed E-state index contributed by atoms with van der Waals surface area (Å²) in [5.41, 5.74) is 1.55. The molecule has 1 atom stereocenters. The van der Waals surface area contributed by atoms with Crippen LogP contribution in [0.5, 0.6) is 5.75 Å². The number of hydrogen-bond acceptors (Lipinski definition) is 3. The molecule has 0 aliphatic rings. The molecular weight excluding hydrogens is 512 g/mol. The van der Waals surface area contributed by atoms with E-state index in [1.165, 1.54) is 0 Å². The lowest BCUT2D eigenvalue weighted by Gasteiger charge is -2.31. The van der Waals surface area contributed by atoms with Crippen molar-refractivity contribution in [1.29, 1.82) is 0 Å². The lowest BCUT2D eigenvalue weighted by molar-refractivity contribution is -0.142. The van der Waals surface area contributed by atoms with E-state index < -0.39 is 6.04 Å². The number of benzene rings is 2. The average molecular weight is 540 g/mol. The Morgan fingerprint density at radius 1 is 1.13 bits per heavy atom. The summed E-state index contributed by atoms with van der Waals surface area (Å²) in [7, 11) is 0. The van der Waals surface area contributed by atoms with E-state index >= 15 is 0 Å². The number of halogens is 2. The van der Waals surface area contributed by atoms with Crippen molar-refractivity contribution in [3.8, 4) is 5.75 Å². The summed E-state index contributed by atoms with van der Waals surface area (Å²) in [5, 5.41) is 2.95. The summed E-state index contributed by atoms with van der Waals surface area (Å²) in [6.07, 6.45) is 0. The molecule has 0 unspecified atom stereocenters. The number of carbonyl (C=O) groups is 2. The quantitative estimate of drug-likeness (QED) is 0.524. The van der Waals surface area contributed by atoms with Crippen LogP contribution < -0.4 is 10.1 Å². The third kappa shape index (κ3) is 7.43. The molecule has 0 spiro atoms. The maximum Gasteiger partial charge on any atom is 0.261 e. The Morgan fingerprint density at radius 2 is 1.83 bits per heavy atom. The minimum atomic E-state index is -0.647. The first-order valence-electron chi connectivity index (χ1n) is 9.71. The molecule has 2 rings (SSSR count). The fourth-order valence-electron chi connectivity index (χ4n) is 2.82. The zero-order valence-corrected chi connectivity index (χ0v) is 21.1. The van der Waals surface area contributed by atoms with Gasteiger partial charge in [0.25, 0.3) is 5.91 Å². The Balaban J connectivity index is 2.18. The number of ether oxygens (including phenoxy) is 1. The number of hydrogen-bond donors (Lipinski definition) is 1. The number of rotatable bonds is 7. The zero-order chi connectivity index (χ0) is 22.5. The van der Waals surface area contributed by atoms with Crippen molar-refractivity contribution in [2.24, 2.45) is 0 Å². The second-order valence-electron chi connectivity index (χ2n) is 8.27. The molecule has 2 aromatic carbocycles. The highest BCUT2D eigenvalue weighted by molar-refractivity contribution is 9.10. The number of amides is 2. The zero-order valence-electron chi connectivity index (χ0n) is 18.0. The van der Waals surface area contributed by atoms with E-state index in [0.29, 0.717) is 12.3 Å². The van der Waals surface area contributed by atoms with E-state index in [4.69, 9.17) is 4.74 Å². The van der Waals surface area contributed by atoms with Crippen LogP contribution in [0, 0.1) is 6.92 Å². The van der Waals surface area contributed by atoms with Gasteiger partial charge in [0, 0.05) is 21.0 Å². The van der Waals surface area contributed by atoms with Crippen LogP contribution in [-0.2, 0) is 16.1 Å². The van der Waals surface area contributed by atoms with Crippen LogP contribution in [0.4, 0.5) is 0 Å². The van der Waals surface area contributed by atoms with Crippen molar-refractivity contribution in [3.63, 3.8) is 0 Å². The molecule has 30 heavy (non-hydrogen) atoms. The van der Waals surface area contributed by atoms with Gasteiger partial charge in [-0.15, -0.1) is 0 Å². The molecule has 0 heterocycles. The molecule has 0 radical (unpaired) electrons. The smallest absolute Gasteiger partial charge is 0.261 e. The van der Waals surface area contributed by atoms with E-state index in [-0.39, 0.29) is 24.0 Å². The van der Waals surface area contributed by atoms with Crippen molar-refractivity contribution in [1.82, 2.24) is 10.2 Å². The van der Waals surface area contributed by atoms with Crippen LogP contribution in [0.15, 0.2) is 51.4 Å². The minimum Gasteiger partial charge on any atom is -0.484 e. The summed E-state index contributed by atoms with van der Waals surface area (Å²) >= 11 is 6.91. The summed E-state index contributed by atoms with van der Waals surface area (Å²) in [5.74, 6) is 0.149. The highest BCUT2D eigenvalue weighted by Crippen LogP contribution is 2.22. The first kappa shape index (κ1) is 24.4. The normalized spacial score (nSPS) is 12.2. The first-order chi connectivity index (χ1) is 14.0. The molecule has 7 heteroatoms. The fraction of sp³-hybridized carbons (Fsp3) is 0.391. The Labute approximate surface area is 195 Å². The van der Waals surface area contributed by atoms with Gasteiger partial charge in [0.2, 0.25) is 5.91 Å². The second kappa shape index (κ2) is 10.4. The van der Waals surface area contributed by atoms with Crippen LogP contribution in [-0.4, -0.2) is 34.9 Å². The third-order valence-electron chi connectivity index (χ3n) is 4.40. The van der Waals surface area contributed by atoms with E-state index in [9.17, 15) is 9.59 Å². The van der Waals surface area contributed by atoms with Crippen LogP contribution in [0.1, 0.15) is 38.8 Å². The van der Waals surface area contributed by atoms with Gasteiger partial charge in [-0.05, 0) is 76.1 Å². The summed E-state index contributed by atoms with van der Waals surface area (Å²) in [4.78, 5) is 27.4. The Hall–Kier alpha value is -1.86. The molecule has 0 aromatic heterocycles. The van der Waals surface area contributed by atoms with E-state index in [1.807, 2.05) is 64.1 Å². The SMILES string of the molecule is Cc1cc(OCC(=O)N(Cc2cccc(Br)c2)[C@H](C)C(=O)NC(C)(C)C)ccc1Br.